The summed E-state index contributed by atoms with van der Waals surface area (Å²) in [5, 5.41) is 0. The minimum Gasteiger partial charge on any atom is -0.473 e. The number of amides is 1. The topological polar surface area (TPSA) is 91.1 Å². The summed E-state index contributed by atoms with van der Waals surface area (Å²) in [4.78, 5) is 35.9. The third-order valence-electron chi connectivity index (χ3n) is 9.42. The van der Waals surface area contributed by atoms with Gasteiger partial charge in [-0.1, -0.05) is 66.7 Å². The molecule has 4 heterocycles. The standard InChI is InChI=1S/C39H43N5O5/c1-38(2,3)49-37(46)43-23-21-39(27-43)20-22-42(26-39)30-16-11-17-31-34(30)41(4)36(45)44(31)32-18-19-33(47-24-28-12-7-5-8-13-28)40-35(32)48-25-29-14-9-6-10-15-29/h5-19H,20-27H2,1-4H3. The maximum Gasteiger partial charge on any atom is 0.410 e. The number of aromatic nitrogens is 3. The van der Waals surface area contributed by atoms with Crippen LogP contribution in [-0.2, 0) is 25.0 Å². The molecular weight excluding hydrogens is 618 g/mol. The van der Waals surface area contributed by atoms with Gasteiger partial charge >= 0.3 is 11.8 Å². The molecule has 0 aliphatic carbocycles. The first-order valence-corrected chi connectivity index (χ1v) is 16.9. The van der Waals surface area contributed by atoms with Crippen molar-refractivity contribution in [2.45, 2.75) is 52.4 Å². The van der Waals surface area contributed by atoms with E-state index in [1.54, 1.807) is 15.2 Å². The molecule has 0 radical (unpaired) electrons. The molecule has 7 rings (SSSR count). The number of aryl methyl sites for hydroxylation is 1. The zero-order chi connectivity index (χ0) is 34.2. The van der Waals surface area contributed by atoms with E-state index < -0.39 is 5.60 Å². The van der Waals surface area contributed by atoms with Gasteiger partial charge in [-0.3, -0.25) is 9.13 Å². The van der Waals surface area contributed by atoms with Gasteiger partial charge in [0.05, 0.1) is 16.7 Å². The Bertz CT molecular complexity index is 2020. The Labute approximate surface area is 286 Å². The quantitative estimate of drug-likeness (QED) is 0.182. The van der Waals surface area contributed by atoms with E-state index in [4.69, 9.17) is 19.2 Å². The Morgan fingerprint density at radius 2 is 1.47 bits per heavy atom. The molecule has 0 N–H and O–H groups in total. The van der Waals surface area contributed by atoms with E-state index in [9.17, 15) is 9.59 Å². The Kier molecular flexibility index (Phi) is 8.56. The molecule has 254 valence electrons. The number of anilines is 1. The predicted molar refractivity (Wildman–Crippen MR) is 190 cm³/mol. The predicted octanol–water partition coefficient (Wildman–Crippen LogP) is 6.72. The van der Waals surface area contributed by atoms with Crippen LogP contribution in [-0.4, -0.2) is 56.9 Å². The first-order valence-electron chi connectivity index (χ1n) is 16.9. The van der Waals surface area contributed by atoms with Crippen molar-refractivity contribution >= 4 is 22.8 Å². The lowest BCUT2D eigenvalue weighted by atomic mass is 9.86. The molecule has 2 aromatic heterocycles. The van der Waals surface area contributed by atoms with Crippen LogP contribution in [0.2, 0.25) is 0 Å². The molecule has 0 saturated carbocycles. The van der Waals surface area contributed by atoms with Crippen LogP contribution in [0.5, 0.6) is 11.8 Å². The van der Waals surface area contributed by atoms with E-state index in [0.717, 1.165) is 53.8 Å². The van der Waals surface area contributed by atoms with Crippen LogP contribution in [0.25, 0.3) is 16.7 Å². The summed E-state index contributed by atoms with van der Waals surface area (Å²) in [6.07, 6.45) is 1.63. The number of carbonyl (C=O) groups is 1. The van der Waals surface area contributed by atoms with E-state index in [1.165, 1.54) is 0 Å². The summed E-state index contributed by atoms with van der Waals surface area (Å²) in [6, 6.07) is 29.5. The zero-order valence-corrected chi connectivity index (χ0v) is 28.6. The highest BCUT2D eigenvalue weighted by atomic mass is 16.6. The first-order chi connectivity index (χ1) is 23.6. The van der Waals surface area contributed by atoms with Gasteiger partial charge in [-0.05, 0) is 62.9 Å². The summed E-state index contributed by atoms with van der Waals surface area (Å²) < 4.78 is 21.4. The fourth-order valence-electron chi connectivity index (χ4n) is 7.00. The number of likely N-dealkylation sites (tertiary alicyclic amines) is 1. The zero-order valence-electron chi connectivity index (χ0n) is 28.6. The number of para-hydroxylation sites is 1. The van der Waals surface area contributed by atoms with Crippen LogP contribution in [0, 0.1) is 5.41 Å². The van der Waals surface area contributed by atoms with Crippen LogP contribution in [0.3, 0.4) is 0 Å². The number of hydrogen-bond donors (Lipinski definition) is 0. The summed E-state index contributed by atoms with van der Waals surface area (Å²) in [5.41, 5.74) is 4.40. The largest absolute Gasteiger partial charge is 0.473 e. The molecule has 1 unspecified atom stereocenters. The van der Waals surface area contributed by atoms with Crippen molar-refractivity contribution in [3.8, 4) is 17.4 Å². The van der Waals surface area contributed by atoms with Crippen molar-refractivity contribution in [2.75, 3.05) is 31.1 Å². The van der Waals surface area contributed by atoms with Gasteiger partial charge in [0.25, 0.3) is 0 Å². The van der Waals surface area contributed by atoms with E-state index in [2.05, 4.69) is 11.0 Å². The number of imidazole rings is 1. The fourth-order valence-corrected chi connectivity index (χ4v) is 7.00. The second kappa shape index (κ2) is 13.0. The van der Waals surface area contributed by atoms with Gasteiger partial charge in [0.1, 0.15) is 24.5 Å². The SMILES string of the molecule is Cn1c(=O)n(-c2ccc(OCc3ccccc3)nc2OCc2ccccc2)c2cccc(N3CCC4(CCN(C(=O)OC(C)(C)C)C4)C3)c21. The molecule has 49 heavy (non-hydrogen) atoms. The Morgan fingerprint density at radius 3 is 2.16 bits per heavy atom. The highest BCUT2D eigenvalue weighted by Gasteiger charge is 2.46. The highest BCUT2D eigenvalue weighted by molar-refractivity contribution is 5.91. The molecule has 2 aliphatic heterocycles. The van der Waals surface area contributed by atoms with E-state index in [1.807, 2.05) is 112 Å². The van der Waals surface area contributed by atoms with Crippen LogP contribution in [0.4, 0.5) is 10.5 Å². The maximum atomic E-state index is 14.1. The van der Waals surface area contributed by atoms with Gasteiger partial charge in [0.15, 0.2) is 0 Å². The second-order valence-corrected chi connectivity index (χ2v) is 14.2. The lowest BCUT2D eigenvalue weighted by Crippen LogP contribution is -2.37. The van der Waals surface area contributed by atoms with Gasteiger partial charge in [-0.25, -0.2) is 9.59 Å². The number of ether oxygens (including phenoxy) is 3. The van der Waals surface area contributed by atoms with Gasteiger partial charge in [0.2, 0.25) is 11.8 Å². The molecule has 1 amide bonds. The molecule has 3 aromatic carbocycles. The summed E-state index contributed by atoms with van der Waals surface area (Å²) >= 11 is 0. The molecule has 1 spiro atoms. The minimum atomic E-state index is -0.528. The van der Waals surface area contributed by atoms with Crippen molar-refractivity contribution in [1.29, 1.82) is 0 Å². The lowest BCUT2D eigenvalue weighted by Gasteiger charge is -2.27. The maximum absolute atomic E-state index is 14.1. The highest BCUT2D eigenvalue weighted by Crippen LogP contribution is 2.43. The third-order valence-corrected chi connectivity index (χ3v) is 9.42. The van der Waals surface area contributed by atoms with Crippen LogP contribution in [0.1, 0.15) is 44.7 Å². The molecule has 2 saturated heterocycles. The molecule has 0 bridgehead atoms. The summed E-state index contributed by atoms with van der Waals surface area (Å²) in [7, 11) is 1.81. The fraction of sp³-hybridized carbons (Fsp3) is 0.359. The van der Waals surface area contributed by atoms with Crippen molar-refractivity contribution < 1.29 is 19.0 Å². The summed E-state index contributed by atoms with van der Waals surface area (Å²) in [6.45, 7) is 9.31. The Hall–Kier alpha value is -5.25. The average molecular weight is 662 g/mol. The number of fused-ring (bicyclic) bond motifs is 1. The smallest absolute Gasteiger partial charge is 0.410 e. The Morgan fingerprint density at radius 1 is 0.796 bits per heavy atom. The third kappa shape index (κ3) is 6.72. The monoisotopic (exact) mass is 661 g/mol. The molecule has 2 fully saturated rings. The van der Waals surface area contributed by atoms with E-state index in [0.29, 0.717) is 37.1 Å². The van der Waals surface area contributed by atoms with Gasteiger partial charge in [-0.15, -0.1) is 0 Å². The molecule has 2 aliphatic rings. The number of nitrogens with zero attached hydrogens (tertiary/aromatic N) is 5. The van der Waals surface area contributed by atoms with Crippen molar-refractivity contribution in [2.24, 2.45) is 12.5 Å². The van der Waals surface area contributed by atoms with Crippen LogP contribution < -0.4 is 20.1 Å². The molecule has 1 atom stereocenters. The minimum absolute atomic E-state index is 0.0154. The number of hydrogen-bond acceptors (Lipinski definition) is 7. The number of carbonyl (C=O) groups excluding carboxylic acids is 1. The van der Waals surface area contributed by atoms with Gasteiger partial charge in [0, 0.05) is 44.7 Å². The number of rotatable bonds is 8. The molecule has 10 heteroatoms. The molecular formula is C39H43N5O5. The number of benzene rings is 3. The number of pyridine rings is 1. The van der Waals surface area contributed by atoms with Crippen LogP contribution in [0.15, 0.2) is 95.8 Å². The molecule has 10 nitrogen and oxygen atoms in total. The van der Waals surface area contributed by atoms with E-state index >= 15 is 0 Å². The average Bonchev–Trinajstić information content (AvgIpc) is 3.79. The van der Waals surface area contributed by atoms with Crippen molar-refractivity contribution in [3.05, 3.63) is 113 Å². The van der Waals surface area contributed by atoms with Gasteiger partial charge in [-0.2, -0.15) is 4.98 Å². The van der Waals surface area contributed by atoms with Gasteiger partial charge < -0.3 is 24.0 Å². The second-order valence-electron chi connectivity index (χ2n) is 14.2. The Balaban J connectivity index is 1.20. The van der Waals surface area contributed by atoms with Crippen molar-refractivity contribution in [1.82, 2.24) is 19.0 Å². The van der Waals surface area contributed by atoms with E-state index in [-0.39, 0.29) is 23.8 Å². The van der Waals surface area contributed by atoms with Crippen LogP contribution >= 0.6 is 0 Å². The lowest BCUT2D eigenvalue weighted by molar-refractivity contribution is 0.0276. The summed E-state index contributed by atoms with van der Waals surface area (Å²) in [5.74, 6) is 0.715. The van der Waals surface area contributed by atoms with Crippen molar-refractivity contribution in [3.63, 3.8) is 0 Å². The first kappa shape index (κ1) is 32.3. The normalized spacial score (nSPS) is 17.6. The molecule has 5 aromatic rings.